The summed E-state index contributed by atoms with van der Waals surface area (Å²) in [4.78, 5) is 4.26. The third-order valence-electron chi connectivity index (χ3n) is 6.23. The molecule has 0 saturated heterocycles. The van der Waals surface area contributed by atoms with E-state index in [1.165, 1.54) is 38.0 Å². The van der Waals surface area contributed by atoms with Crippen molar-refractivity contribution in [3.05, 3.63) is 18.7 Å². The van der Waals surface area contributed by atoms with Gasteiger partial charge in [-0.2, -0.15) is 11.8 Å². The van der Waals surface area contributed by atoms with E-state index in [-0.39, 0.29) is 0 Å². The fraction of sp³-hybridized carbons (Fsp3) is 0.833. The number of hydrogen-bond donors (Lipinski definition) is 0. The average molecular weight is 305 g/mol. The SMILES string of the molecule is CCCSC(Cn1ccnc1)C12CC3CC(CC(C3)C1)C2. The van der Waals surface area contributed by atoms with Crippen molar-refractivity contribution >= 4 is 11.8 Å². The molecule has 4 fully saturated rings. The van der Waals surface area contributed by atoms with E-state index in [2.05, 4.69) is 34.4 Å². The number of hydrogen-bond acceptors (Lipinski definition) is 2. The Morgan fingerprint density at radius 2 is 1.86 bits per heavy atom. The lowest BCUT2D eigenvalue weighted by Gasteiger charge is -2.59. The fourth-order valence-corrected chi connectivity index (χ4v) is 7.28. The second-order valence-corrected chi connectivity index (χ2v) is 9.21. The lowest BCUT2D eigenvalue weighted by atomic mass is 9.48. The van der Waals surface area contributed by atoms with Crippen molar-refractivity contribution < 1.29 is 0 Å². The molecule has 116 valence electrons. The van der Waals surface area contributed by atoms with Gasteiger partial charge >= 0.3 is 0 Å². The molecule has 1 atom stereocenters. The topological polar surface area (TPSA) is 17.8 Å². The largest absolute Gasteiger partial charge is 0.336 e. The summed E-state index contributed by atoms with van der Waals surface area (Å²) in [6.45, 7) is 3.50. The number of imidazole rings is 1. The molecular formula is C18H28N2S. The highest BCUT2D eigenvalue weighted by Crippen LogP contribution is 2.63. The molecular weight excluding hydrogens is 276 g/mol. The molecule has 0 spiro atoms. The van der Waals surface area contributed by atoms with Crippen LogP contribution in [-0.4, -0.2) is 20.6 Å². The normalized spacial score (nSPS) is 38.8. The molecule has 1 aromatic heterocycles. The summed E-state index contributed by atoms with van der Waals surface area (Å²) in [5.41, 5.74) is 0.652. The third-order valence-corrected chi connectivity index (χ3v) is 7.92. The highest BCUT2D eigenvalue weighted by molar-refractivity contribution is 7.99. The van der Waals surface area contributed by atoms with Crippen LogP contribution >= 0.6 is 11.8 Å². The van der Waals surface area contributed by atoms with Crippen LogP contribution in [0.2, 0.25) is 0 Å². The van der Waals surface area contributed by atoms with Gasteiger partial charge in [0.05, 0.1) is 6.33 Å². The van der Waals surface area contributed by atoms with Crippen molar-refractivity contribution in [2.24, 2.45) is 23.2 Å². The van der Waals surface area contributed by atoms with Gasteiger partial charge in [-0.05, 0) is 73.9 Å². The van der Waals surface area contributed by atoms with Gasteiger partial charge in [0.15, 0.2) is 0 Å². The smallest absolute Gasteiger partial charge is 0.0946 e. The predicted octanol–water partition coefficient (Wildman–Crippen LogP) is 4.61. The first kappa shape index (κ1) is 14.2. The van der Waals surface area contributed by atoms with Gasteiger partial charge < -0.3 is 4.57 Å². The average Bonchev–Trinajstić information content (AvgIpc) is 2.94. The maximum Gasteiger partial charge on any atom is 0.0946 e. The van der Waals surface area contributed by atoms with E-state index in [1.54, 1.807) is 19.3 Å². The molecule has 1 heterocycles. The molecule has 21 heavy (non-hydrogen) atoms. The van der Waals surface area contributed by atoms with Crippen LogP contribution in [0.25, 0.3) is 0 Å². The molecule has 0 aromatic carbocycles. The van der Waals surface area contributed by atoms with Crippen LogP contribution < -0.4 is 0 Å². The van der Waals surface area contributed by atoms with Gasteiger partial charge in [0, 0.05) is 24.2 Å². The molecule has 4 saturated carbocycles. The summed E-state index contributed by atoms with van der Waals surface area (Å²) in [5.74, 6) is 4.50. The lowest BCUT2D eigenvalue weighted by Crippen LogP contribution is -2.51. The van der Waals surface area contributed by atoms with Gasteiger partial charge in [-0.3, -0.25) is 0 Å². The highest BCUT2D eigenvalue weighted by Gasteiger charge is 2.54. The van der Waals surface area contributed by atoms with Crippen molar-refractivity contribution in [1.82, 2.24) is 9.55 Å². The Bertz CT molecular complexity index is 432. The van der Waals surface area contributed by atoms with E-state index in [9.17, 15) is 0 Å². The van der Waals surface area contributed by atoms with Gasteiger partial charge in [0.1, 0.15) is 0 Å². The molecule has 0 amide bonds. The Morgan fingerprint density at radius 1 is 1.19 bits per heavy atom. The lowest BCUT2D eigenvalue weighted by molar-refractivity contribution is -0.0553. The standard InChI is InChI=1S/C18H28N2S/c1-2-5-21-17(12-20-4-3-19-13-20)18-9-14-6-15(10-18)8-16(7-14)11-18/h3-4,13-17H,2,5-12H2,1H3. The number of nitrogens with zero attached hydrogens (tertiary/aromatic N) is 2. The summed E-state index contributed by atoms with van der Waals surface area (Å²) in [6.07, 6.45) is 16.6. The van der Waals surface area contributed by atoms with E-state index in [4.69, 9.17) is 0 Å². The fourth-order valence-electron chi connectivity index (χ4n) is 5.84. The summed E-state index contributed by atoms with van der Waals surface area (Å²) in [5, 5.41) is 0.806. The van der Waals surface area contributed by atoms with Crippen LogP contribution in [0.4, 0.5) is 0 Å². The molecule has 4 aliphatic rings. The maximum atomic E-state index is 4.26. The van der Waals surface area contributed by atoms with E-state index in [1.807, 2.05) is 12.5 Å². The Kier molecular flexibility index (Phi) is 3.81. The van der Waals surface area contributed by atoms with Crippen molar-refractivity contribution in [1.29, 1.82) is 0 Å². The Balaban J connectivity index is 1.56. The Morgan fingerprint density at radius 3 is 2.38 bits per heavy atom. The Labute approximate surface area is 133 Å². The molecule has 4 bridgehead atoms. The van der Waals surface area contributed by atoms with Crippen molar-refractivity contribution in [3.63, 3.8) is 0 Å². The van der Waals surface area contributed by atoms with Crippen LogP contribution in [0.3, 0.4) is 0 Å². The van der Waals surface area contributed by atoms with Crippen LogP contribution in [0.5, 0.6) is 0 Å². The minimum Gasteiger partial charge on any atom is -0.336 e. The molecule has 2 nitrogen and oxygen atoms in total. The van der Waals surface area contributed by atoms with Gasteiger partial charge in [-0.1, -0.05) is 6.92 Å². The van der Waals surface area contributed by atoms with Crippen LogP contribution in [0, 0.1) is 23.2 Å². The number of rotatable bonds is 6. The second-order valence-electron chi connectivity index (χ2n) is 7.90. The Hall–Kier alpha value is -0.440. The molecule has 0 radical (unpaired) electrons. The molecule has 5 rings (SSSR count). The zero-order valence-corrected chi connectivity index (χ0v) is 14.0. The van der Waals surface area contributed by atoms with Crippen LogP contribution in [0.15, 0.2) is 18.7 Å². The zero-order valence-electron chi connectivity index (χ0n) is 13.2. The van der Waals surface area contributed by atoms with Crippen molar-refractivity contribution in [2.75, 3.05) is 5.75 Å². The van der Waals surface area contributed by atoms with E-state index < -0.39 is 0 Å². The van der Waals surface area contributed by atoms with Crippen molar-refractivity contribution in [2.45, 2.75) is 63.7 Å². The van der Waals surface area contributed by atoms with E-state index in [0.717, 1.165) is 23.0 Å². The van der Waals surface area contributed by atoms with Crippen LogP contribution in [0.1, 0.15) is 51.9 Å². The summed E-state index contributed by atoms with van der Waals surface area (Å²) < 4.78 is 2.33. The summed E-state index contributed by atoms with van der Waals surface area (Å²) >= 11 is 2.26. The van der Waals surface area contributed by atoms with E-state index >= 15 is 0 Å². The van der Waals surface area contributed by atoms with Gasteiger partial charge in [0.25, 0.3) is 0 Å². The first-order valence-electron chi connectivity index (χ1n) is 8.85. The highest BCUT2D eigenvalue weighted by atomic mass is 32.2. The van der Waals surface area contributed by atoms with Gasteiger partial charge in [-0.15, -0.1) is 0 Å². The zero-order chi connectivity index (χ0) is 14.3. The number of aromatic nitrogens is 2. The van der Waals surface area contributed by atoms with Crippen LogP contribution in [-0.2, 0) is 6.54 Å². The third kappa shape index (κ3) is 2.67. The van der Waals surface area contributed by atoms with E-state index in [0.29, 0.717) is 5.41 Å². The minimum atomic E-state index is 0.652. The summed E-state index contributed by atoms with van der Waals surface area (Å²) in [7, 11) is 0. The second kappa shape index (κ2) is 5.64. The minimum absolute atomic E-state index is 0.652. The number of thioether (sulfide) groups is 1. The predicted molar refractivity (Wildman–Crippen MR) is 89.4 cm³/mol. The molecule has 4 aliphatic carbocycles. The first-order chi connectivity index (χ1) is 10.3. The monoisotopic (exact) mass is 304 g/mol. The van der Waals surface area contributed by atoms with Gasteiger partial charge in [-0.25, -0.2) is 4.98 Å². The molecule has 3 heteroatoms. The maximum absolute atomic E-state index is 4.26. The summed E-state index contributed by atoms with van der Waals surface area (Å²) in [6, 6.07) is 0. The molecule has 1 unspecified atom stereocenters. The molecule has 0 aliphatic heterocycles. The molecule has 0 N–H and O–H groups in total. The van der Waals surface area contributed by atoms with Gasteiger partial charge in [0.2, 0.25) is 0 Å². The van der Waals surface area contributed by atoms with Crippen molar-refractivity contribution in [3.8, 4) is 0 Å². The molecule has 1 aromatic rings. The first-order valence-corrected chi connectivity index (χ1v) is 9.89. The quantitative estimate of drug-likeness (QED) is 0.763.